The Morgan fingerprint density at radius 3 is 2.54 bits per heavy atom. The summed E-state index contributed by atoms with van der Waals surface area (Å²) in [5, 5.41) is 5.98. The van der Waals surface area contributed by atoms with Gasteiger partial charge in [0.25, 0.3) is 5.91 Å². The number of anilines is 1. The van der Waals surface area contributed by atoms with Gasteiger partial charge in [0, 0.05) is 10.8 Å². The van der Waals surface area contributed by atoms with Gasteiger partial charge in [0.05, 0.1) is 18.4 Å². The van der Waals surface area contributed by atoms with Gasteiger partial charge in [0.1, 0.15) is 5.75 Å². The molecule has 1 aromatic carbocycles. The van der Waals surface area contributed by atoms with Crippen molar-refractivity contribution in [1.82, 2.24) is 0 Å². The molecule has 0 aliphatic carbocycles. The van der Waals surface area contributed by atoms with Gasteiger partial charge in [-0.05, 0) is 30.0 Å². The third kappa shape index (κ3) is 4.58. The second-order valence-electron chi connectivity index (χ2n) is 5.41. The van der Waals surface area contributed by atoms with Crippen molar-refractivity contribution in [1.29, 1.82) is 0 Å². The van der Waals surface area contributed by atoms with Gasteiger partial charge in [-0.25, -0.2) is 4.79 Å². The number of hydrogen-bond donors (Lipinski definition) is 1. The zero-order valence-electron chi connectivity index (χ0n) is 14.0. The van der Waals surface area contributed by atoms with Crippen LogP contribution in [0.25, 0.3) is 0 Å². The third-order valence-corrected chi connectivity index (χ3v) is 4.52. The number of thiophene rings is 1. The Morgan fingerprint density at radius 2 is 1.92 bits per heavy atom. The summed E-state index contributed by atoms with van der Waals surface area (Å²) < 4.78 is 10.2. The number of rotatable bonds is 7. The highest BCUT2D eigenvalue weighted by Crippen LogP contribution is 2.23. The molecule has 1 amide bonds. The lowest BCUT2D eigenvalue weighted by atomic mass is 9.99. The Hall–Kier alpha value is -2.34. The van der Waals surface area contributed by atoms with E-state index < -0.39 is 5.97 Å². The van der Waals surface area contributed by atoms with Gasteiger partial charge in [-0.2, -0.15) is 0 Å². The average molecular weight is 347 g/mol. The van der Waals surface area contributed by atoms with E-state index in [9.17, 15) is 9.59 Å². The predicted octanol–water partition coefficient (Wildman–Crippen LogP) is 4.07. The zero-order chi connectivity index (χ0) is 17.5. The maximum absolute atomic E-state index is 12.0. The van der Waals surface area contributed by atoms with Crippen molar-refractivity contribution >= 4 is 28.9 Å². The number of ether oxygens (including phenoxy) is 2. The van der Waals surface area contributed by atoms with E-state index in [0.29, 0.717) is 22.9 Å². The first kappa shape index (κ1) is 18.0. The first-order chi connectivity index (χ1) is 11.5. The number of carbonyl (C=O) groups excluding carboxylic acids is 2. The smallest absolute Gasteiger partial charge is 0.340 e. The van der Waals surface area contributed by atoms with Crippen LogP contribution in [0.1, 0.15) is 42.1 Å². The minimum absolute atomic E-state index is 0.126. The Labute approximate surface area is 145 Å². The van der Waals surface area contributed by atoms with Crippen LogP contribution in [0, 0.1) is 0 Å². The predicted molar refractivity (Wildman–Crippen MR) is 94.9 cm³/mol. The lowest BCUT2D eigenvalue weighted by molar-refractivity contribution is -0.118. The molecule has 0 fully saturated rings. The van der Waals surface area contributed by atoms with E-state index in [2.05, 4.69) is 23.9 Å². The number of benzene rings is 1. The van der Waals surface area contributed by atoms with Crippen LogP contribution >= 0.6 is 11.3 Å². The van der Waals surface area contributed by atoms with Crippen LogP contribution < -0.4 is 10.1 Å². The molecule has 0 bridgehead atoms. The first-order valence-corrected chi connectivity index (χ1v) is 8.66. The molecule has 0 spiro atoms. The van der Waals surface area contributed by atoms with Gasteiger partial charge in [-0.1, -0.05) is 26.0 Å². The van der Waals surface area contributed by atoms with E-state index in [1.807, 2.05) is 24.3 Å². The Bertz CT molecular complexity index is 693. The normalized spacial score (nSPS) is 11.6. The van der Waals surface area contributed by atoms with Crippen molar-refractivity contribution in [2.75, 3.05) is 19.0 Å². The summed E-state index contributed by atoms with van der Waals surface area (Å²) in [5.41, 5.74) is 2.02. The van der Waals surface area contributed by atoms with Gasteiger partial charge >= 0.3 is 5.97 Å². The van der Waals surface area contributed by atoms with Crippen molar-refractivity contribution in [3.8, 4) is 5.75 Å². The fourth-order valence-electron chi connectivity index (χ4n) is 2.13. The SMILES string of the molecule is CCC(C)c1ccc(OCC(=O)Nc2cscc2C(=O)OC)cc1. The van der Waals surface area contributed by atoms with Crippen LogP contribution in [0.5, 0.6) is 5.75 Å². The lowest BCUT2D eigenvalue weighted by Crippen LogP contribution is -2.21. The van der Waals surface area contributed by atoms with Gasteiger partial charge < -0.3 is 14.8 Å². The number of nitrogens with one attached hydrogen (secondary N) is 1. The van der Waals surface area contributed by atoms with Crippen LogP contribution in [-0.4, -0.2) is 25.6 Å². The summed E-state index contributed by atoms with van der Waals surface area (Å²) in [5.74, 6) is 0.325. The highest BCUT2D eigenvalue weighted by molar-refractivity contribution is 7.08. The molecular formula is C18H21NO4S. The molecular weight excluding hydrogens is 326 g/mol. The zero-order valence-corrected chi connectivity index (χ0v) is 14.8. The highest BCUT2D eigenvalue weighted by Gasteiger charge is 2.15. The van der Waals surface area contributed by atoms with E-state index in [1.54, 1.807) is 10.8 Å². The van der Waals surface area contributed by atoms with Crippen molar-refractivity contribution < 1.29 is 19.1 Å². The summed E-state index contributed by atoms with van der Waals surface area (Å²) in [4.78, 5) is 23.6. The van der Waals surface area contributed by atoms with Gasteiger partial charge in [0.2, 0.25) is 0 Å². The van der Waals surface area contributed by atoms with Crippen LogP contribution in [0.4, 0.5) is 5.69 Å². The Balaban J connectivity index is 1.90. The van der Waals surface area contributed by atoms with E-state index in [0.717, 1.165) is 6.42 Å². The molecule has 1 N–H and O–H groups in total. The molecule has 1 atom stereocenters. The monoisotopic (exact) mass is 347 g/mol. The number of carbonyl (C=O) groups is 2. The minimum atomic E-state index is -0.479. The van der Waals surface area contributed by atoms with Gasteiger partial charge in [-0.15, -0.1) is 11.3 Å². The molecule has 0 aliphatic heterocycles. The molecule has 6 heteroatoms. The molecule has 1 unspecified atom stereocenters. The topological polar surface area (TPSA) is 64.6 Å². The first-order valence-electron chi connectivity index (χ1n) is 7.72. The van der Waals surface area contributed by atoms with Crippen molar-refractivity contribution in [2.24, 2.45) is 0 Å². The minimum Gasteiger partial charge on any atom is -0.484 e. The van der Waals surface area contributed by atoms with Crippen LogP contribution in [-0.2, 0) is 9.53 Å². The summed E-state index contributed by atoms with van der Waals surface area (Å²) in [6.07, 6.45) is 1.08. The average Bonchev–Trinajstić information content (AvgIpc) is 3.07. The van der Waals surface area contributed by atoms with E-state index in [-0.39, 0.29) is 12.5 Å². The van der Waals surface area contributed by atoms with E-state index >= 15 is 0 Å². The van der Waals surface area contributed by atoms with Gasteiger partial charge in [0.15, 0.2) is 6.61 Å². The van der Waals surface area contributed by atoms with Crippen LogP contribution in [0.3, 0.4) is 0 Å². The second-order valence-corrected chi connectivity index (χ2v) is 6.15. The van der Waals surface area contributed by atoms with Crippen LogP contribution in [0.15, 0.2) is 35.0 Å². The van der Waals surface area contributed by atoms with Crippen molar-refractivity contribution in [3.63, 3.8) is 0 Å². The molecule has 2 aromatic rings. The number of amides is 1. The molecule has 0 radical (unpaired) electrons. The quantitative estimate of drug-likeness (QED) is 0.767. The standard InChI is InChI=1S/C18H21NO4S/c1-4-12(2)13-5-7-14(8-6-13)23-9-17(20)19-16-11-24-10-15(16)18(21)22-3/h5-8,10-12H,4,9H2,1-3H3,(H,19,20). The highest BCUT2D eigenvalue weighted by atomic mass is 32.1. The second kappa shape index (κ2) is 8.49. The number of hydrogen-bond acceptors (Lipinski definition) is 5. The maximum Gasteiger partial charge on any atom is 0.340 e. The molecule has 24 heavy (non-hydrogen) atoms. The third-order valence-electron chi connectivity index (χ3n) is 3.77. The fraction of sp³-hybridized carbons (Fsp3) is 0.333. The number of methoxy groups -OCH3 is 1. The maximum atomic E-state index is 12.0. The molecule has 2 rings (SSSR count). The summed E-state index contributed by atoms with van der Waals surface area (Å²) in [7, 11) is 1.30. The Kier molecular flexibility index (Phi) is 6.37. The molecule has 128 valence electrons. The number of esters is 1. The van der Waals surface area contributed by atoms with Crippen molar-refractivity contribution in [2.45, 2.75) is 26.2 Å². The molecule has 1 heterocycles. The molecule has 5 nitrogen and oxygen atoms in total. The Morgan fingerprint density at radius 1 is 1.21 bits per heavy atom. The molecule has 0 aliphatic rings. The molecule has 0 saturated carbocycles. The van der Waals surface area contributed by atoms with Crippen molar-refractivity contribution in [3.05, 3.63) is 46.2 Å². The molecule has 0 saturated heterocycles. The van der Waals surface area contributed by atoms with Crippen LogP contribution in [0.2, 0.25) is 0 Å². The summed E-state index contributed by atoms with van der Waals surface area (Å²) in [6.45, 7) is 4.19. The molecule has 1 aromatic heterocycles. The van der Waals surface area contributed by atoms with E-state index in [1.165, 1.54) is 24.0 Å². The largest absolute Gasteiger partial charge is 0.484 e. The van der Waals surface area contributed by atoms with E-state index in [4.69, 9.17) is 4.74 Å². The lowest BCUT2D eigenvalue weighted by Gasteiger charge is -2.11. The summed E-state index contributed by atoms with van der Waals surface area (Å²) >= 11 is 1.32. The fourth-order valence-corrected chi connectivity index (χ4v) is 2.87. The van der Waals surface area contributed by atoms with Gasteiger partial charge in [-0.3, -0.25) is 4.79 Å². The summed E-state index contributed by atoms with van der Waals surface area (Å²) in [6, 6.07) is 7.74.